The van der Waals surface area contributed by atoms with Crippen LogP contribution in [0.15, 0.2) is 66.8 Å². The monoisotopic (exact) mass is 492 g/mol. The van der Waals surface area contributed by atoms with Gasteiger partial charge in [-0.3, -0.25) is 4.79 Å². The van der Waals surface area contributed by atoms with Crippen molar-refractivity contribution in [2.45, 2.75) is 57.9 Å². The van der Waals surface area contributed by atoms with Gasteiger partial charge in [0, 0.05) is 25.2 Å². The Morgan fingerprint density at radius 2 is 1.73 bits per heavy atom. The molecule has 7 rings (SSSR count). The SMILES string of the molecule is CN(Cc1ccc(/C=C/C(=O)Cc2cc(C3=CC=CC3)ccc2N)cc1)CC12CC3CC(CC(C3)C1)C2. The van der Waals surface area contributed by atoms with Crippen molar-refractivity contribution in [1.82, 2.24) is 4.90 Å². The number of hydrogen-bond acceptors (Lipinski definition) is 3. The fourth-order valence-electron chi connectivity index (χ4n) is 8.21. The molecule has 0 saturated heterocycles. The topological polar surface area (TPSA) is 46.3 Å². The molecule has 0 aliphatic heterocycles. The van der Waals surface area contributed by atoms with Gasteiger partial charge in [0.05, 0.1) is 0 Å². The summed E-state index contributed by atoms with van der Waals surface area (Å²) >= 11 is 0. The largest absolute Gasteiger partial charge is 0.398 e. The number of nitrogens with zero attached hydrogens (tertiary/aromatic N) is 1. The zero-order valence-corrected chi connectivity index (χ0v) is 22.2. The number of carbonyl (C=O) groups excluding carboxylic acids is 1. The first-order valence-corrected chi connectivity index (χ1v) is 14.2. The summed E-state index contributed by atoms with van der Waals surface area (Å²) in [6.07, 6.45) is 20.1. The molecule has 2 aromatic rings. The van der Waals surface area contributed by atoms with Gasteiger partial charge in [0.2, 0.25) is 0 Å². The zero-order valence-electron chi connectivity index (χ0n) is 22.2. The minimum atomic E-state index is 0.0711. The summed E-state index contributed by atoms with van der Waals surface area (Å²) < 4.78 is 0. The number of nitrogen functional groups attached to an aromatic ring is 1. The number of allylic oxidation sites excluding steroid dienone is 5. The molecule has 0 spiro atoms. The Labute approximate surface area is 222 Å². The first-order chi connectivity index (χ1) is 17.9. The second kappa shape index (κ2) is 10.1. The van der Waals surface area contributed by atoms with Crippen LogP contribution in [-0.2, 0) is 17.8 Å². The lowest BCUT2D eigenvalue weighted by Gasteiger charge is -2.57. The maximum atomic E-state index is 12.7. The third-order valence-electron chi connectivity index (χ3n) is 9.31. The van der Waals surface area contributed by atoms with Crippen molar-refractivity contribution in [2.75, 3.05) is 19.3 Å². The molecule has 0 unspecified atom stereocenters. The summed E-state index contributed by atoms with van der Waals surface area (Å²) in [7, 11) is 2.30. The Bertz CT molecular complexity index is 1210. The summed E-state index contributed by atoms with van der Waals surface area (Å²) in [5.74, 6) is 3.10. The van der Waals surface area contributed by atoms with Gasteiger partial charge in [-0.1, -0.05) is 54.6 Å². The van der Waals surface area contributed by atoms with E-state index in [0.717, 1.165) is 47.4 Å². The third-order valence-corrected chi connectivity index (χ3v) is 9.31. The zero-order chi connectivity index (χ0) is 25.4. The fourth-order valence-corrected chi connectivity index (χ4v) is 8.21. The lowest BCUT2D eigenvalue weighted by molar-refractivity contribution is -0.113. The molecule has 2 aromatic carbocycles. The van der Waals surface area contributed by atoms with Crippen LogP contribution in [0.3, 0.4) is 0 Å². The molecule has 0 atom stereocenters. The van der Waals surface area contributed by atoms with E-state index in [1.165, 1.54) is 56.2 Å². The van der Waals surface area contributed by atoms with Gasteiger partial charge in [-0.2, -0.15) is 0 Å². The number of rotatable bonds is 9. The Kier molecular flexibility index (Phi) is 6.67. The van der Waals surface area contributed by atoms with Crippen molar-refractivity contribution in [2.24, 2.45) is 23.2 Å². The van der Waals surface area contributed by atoms with E-state index in [2.05, 4.69) is 60.5 Å². The standard InChI is InChI=1S/C34H40N2O/c1-36(23-34-19-26-14-27(20-34)16-28(15-26)21-34)22-25-8-6-24(7-9-25)10-12-32(37)18-31-17-30(11-13-33(31)35)29-4-2-3-5-29/h2-4,6-13,17,26-28H,5,14-16,18-23,35H2,1H3/b12-10+. The number of ketones is 1. The van der Waals surface area contributed by atoms with E-state index in [9.17, 15) is 4.79 Å². The highest BCUT2D eigenvalue weighted by molar-refractivity contribution is 5.96. The molecule has 0 heterocycles. The van der Waals surface area contributed by atoms with Crippen molar-refractivity contribution < 1.29 is 4.79 Å². The Morgan fingerprint density at radius 3 is 2.38 bits per heavy atom. The van der Waals surface area contributed by atoms with Crippen molar-refractivity contribution in [1.29, 1.82) is 0 Å². The minimum absolute atomic E-state index is 0.0711. The van der Waals surface area contributed by atoms with Crippen LogP contribution in [-0.4, -0.2) is 24.3 Å². The smallest absolute Gasteiger partial charge is 0.160 e. The first kappa shape index (κ1) is 24.4. The van der Waals surface area contributed by atoms with Gasteiger partial charge < -0.3 is 10.6 Å². The Balaban J connectivity index is 1.03. The van der Waals surface area contributed by atoms with Crippen LogP contribution in [0.2, 0.25) is 0 Å². The molecular weight excluding hydrogens is 452 g/mol. The molecule has 2 N–H and O–H groups in total. The maximum absolute atomic E-state index is 12.7. The highest BCUT2D eigenvalue weighted by atomic mass is 16.1. The van der Waals surface area contributed by atoms with E-state index in [1.807, 2.05) is 18.2 Å². The van der Waals surface area contributed by atoms with Gasteiger partial charge in [-0.05, 0) is 121 Å². The second-order valence-electron chi connectivity index (χ2n) is 12.5. The molecule has 0 radical (unpaired) electrons. The van der Waals surface area contributed by atoms with E-state index in [4.69, 9.17) is 5.73 Å². The molecule has 4 bridgehead atoms. The van der Waals surface area contributed by atoms with Crippen LogP contribution < -0.4 is 5.73 Å². The maximum Gasteiger partial charge on any atom is 0.160 e. The van der Waals surface area contributed by atoms with Gasteiger partial charge in [0.25, 0.3) is 0 Å². The predicted octanol–water partition coefficient (Wildman–Crippen LogP) is 7.09. The molecule has 37 heavy (non-hydrogen) atoms. The van der Waals surface area contributed by atoms with Gasteiger partial charge >= 0.3 is 0 Å². The van der Waals surface area contributed by atoms with Crippen molar-refractivity contribution >= 4 is 23.1 Å². The highest BCUT2D eigenvalue weighted by Gasteiger charge is 2.50. The summed E-state index contributed by atoms with van der Waals surface area (Å²) in [5, 5.41) is 0. The lowest BCUT2D eigenvalue weighted by atomic mass is 9.49. The fraction of sp³-hybridized carbons (Fsp3) is 0.441. The number of nitrogens with two attached hydrogens (primary N) is 1. The molecular formula is C34H40N2O. The molecule has 5 aliphatic rings. The molecule has 4 fully saturated rings. The van der Waals surface area contributed by atoms with Crippen LogP contribution in [0.5, 0.6) is 0 Å². The van der Waals surface area contributed by atoms with Crippen LogP contribution in [0.25, 0.3) is 11.6 Å². The third kappa shape index (κ3) is 5.52. The van der Waals surface area contributed by atoms with E-state index in [0.29, 0.717) is 17.5 Å². The van der Waals surface area contributed by atoms with E-state index >= 15 is 0 Å². The average Bonchev–Trinajstić information content (AvgIpc) is 3.39. The van der Waals surface area contributed by atoms with Crippen molar-refractivity contribution in [3.63, 3.8) is 0 Å². The number of anilines is 1. The normalized spacial score (nSPS) is 27.9. The van der Waals surface area contributed by atoms with Gasteiger partial charge in [-0.15, -0.1) is 0 Å². The van der Waals surface area contributed by atoms with Crippen molar-refractivity contribution in [3.8, 4) is 0 Å². The number of benzene rings is 2. The highest BCUT2D eigenvalue weighted by Crippen LogP contribution is 2.60. The van der Waals surface area contributed by atoms with E-state index in [1.54, 1.807) is 6.08 Å². The van der Waals surface area contributed by atoms with Crippen LogP contribution in [0, 0.1) is 23.2 Å². The molecule has 5 aliphatic carbocycles. The number of hydrogen-bond donors (Lipinski definition) is 1. The predicted molar refractivity (Wildman–Crippen MR) is 154 cm³/mol. The summed E-state index contributed by atoms with van der Waals surface area (Å²) in [6, 6.07) is 14.7. The summed E-state index contributed by atoms with van der Waals surface area (Å²) in [6.45, 7) is 2.23. The van der Waals surface area contributed by atoms with Crippen LogP contribution in [0.1, 0.15) is 67.2 Å². The van der Waals surface area contributed by atoms with E-state index < -0.39 is 0 Å². The summed E-state index contributed by atoms with van der Waals surface area (Å²) in [4.78, 5) is 15.3. The lowest BCUT2D eigenvalue weighted by Crippen LogP contribution is -2.50. The summed E-state index contributed by atoms with van der Waals surface area (Å²) in [5.41, 5.74) is 13.2. The molecule has 3 nitrogen and oxygen atoms in total. The Morgan fingerprint density at radius 1 is 1.03 bits per heavy atom. The van der Waals surface area contributed by atoms with Crippen LogP contribution in [0.4, 0.5) is 5.69 Å². The average molecular weight is 493 g/mol. The van der Waals surface area contributed by atoms with E-state index in [-0.39, 0.29) is 5.78 Å². The van der Waals surface area contributed by atoms with Crippen LogP contribution >= 0.6 is 0 Å². The molecule has 0 amide bonds. The molecule has 4 saturated carbocycles. The molecule has 3 heteroatoms. The van der Waals surface area contributed by atoms with Gasteiger partial charge in [0.1, 0.15) is 0 Å². The first-order valence-electron chi connectivity index (χ1n) is 14.2. The molecule has 192 valence electrons. The minimum Gasteiger partial charge on any atom is -0.398 e. The number of carbonyl (C=O) groups is 1. The van der Waals surface area contributed by atoms with Gasteiger partial charge in [-0.25, -0.2) is 0 Å². The van der Waals surface area contributed by atoms with Crippen molar-refractivity contribution in [3.05, 3.63) is 89.0 Å². The molecule has 0 aromatic heterocycles. The second-order valence-corrected chi connectivity index (χ2v) is 12.5. The Hall–Kier alpha value is -2.91. The quantitative estimate of drug-likeness (QED) is 0.300. The van der Waals surface area contributed by atoms with Gasteiger partial charge in [0.15, 0.2) is 5.78 Å².